The Balaban J connectivity index is 1.87. The van der Waals surface area contributed by atoms with E-state index in [4.69, 9.17) is 9.47 Å². The molecule has 1 heterocycles. The zero-order chi connectivity index (χ0) is 24.0. The van der Waals surface area contributed by atoms with E-state index in [1.807, 2.05) is 4.57 Å². The second-order valence-corrected chi connectivity index (χ2v) is 8.68. The van der Waals surface area contributed by atoms with E-state index in [1.165, 1.54) is 24.2 Å². The van der Waals surface area contributed by atoms with Crippen LogP contribution < -0.4 is 20.2 Å². The lowest BCUT2D eigenvalue weighted by Gasteiger charge is -2.23. The maximum Gasteiger partial charge on any atom is 0.258 e. The molecule has 178 valence electrons. The summed E-state index contributed by atoms with van der Waals surface area (Å²) >= 11 is 0. The van der Waals surface area contributed by atoms with Crippen LogP contribution in [0.2, 0.25) is 0 Å². The standard InChI is InChI=1S/C25H33N3O5/c1-27(2)25(31)21-16-28(14-17-8-6-5-7-9-17)15-20(23(21)29)24(30)26-13-18-10-11-19(32-3)12-22(18)33-4/h10-12,15-17H,5-9,13-14H2,1-4H3,(H,26,30). The number of methoxy groups -OCH3 is 2. The zero-order valence-corrected chi connectivity index (χ0v) is 19.8. The lowest BCUT2D eigenvalue weighted by molar-refractivity contribution is 0.0825. The Labute approximate surface area is 194 Å². The lowest BCUT2D eigenvalue weighted by Crippen LogP contribution is -2.35. The highest BCUT2D eigenvalue weighted by Gasteiger charge is 2.22. The van der Waals surface area contributed by atoms with Gasteiger partial charge in [-0.3, -0.25) is 14.4 Å². The molecule has 0 radical (unpaired) electrons. The highest BCUT2D eigenvalue weighted by molar-refractivity contribution is 5.99. The van der Waals surface area contributed by atoms with Gasteiger partial charge in [-0.1, -0.05) is 19.3 Å². The number of hydrogen-bond donors (Lipinski definition) is 1. The SMILES string of the molecule is COc1ccc(CNC(=O)c2cn(CC3CCCCC3)cc(C(=O)N(C)C)c2=O)c(OC)c1. The normalized spacial score (nSPS) is 13.9. The van der Waals surface area contributed by atoms with Gasteiger partial charge in [0, 0.05) is 51.2 Å². The second kappa shape index (κ2) is 11.0. The molecule has 1 aromatic carbocycles. The zero-order valence-electron chi connectivity index (χ0n) is 19.8. The predicted molar refractivity (Wildman–Crippen MR) is 126 cm³/mol. The average Bonchev–Trinajstić information content (AvgIpc) is 2.83. The number of benzene rings is 1. The number of hydrogen-bond acceptors (Lipinski definition) is 5. The van der Waals surface area contributed by atoms with Crippen LogP contribution in [-0.4, -0.2) is 49.6 Å². The summed E-state index contributed by atoms with van der Waals surface area (Å²) in [4.78, 5) is 40.1. The van der Waals surface area contributed by atoms with Crippen LogP contribution >= 0.6 is 0 Å². The van der Waals surface area contributed by atoms with Crippen molar-refractivity contribution in [2.24, 2.45) is 5.92 Å². The van der Waals surface area contributed by atoms with E-state index in [1.54, 1.807) is 58.9 Å². The first kappa shape index (κ1) is 24.4. The fourth-order valence-corrected chi connectivity index (χ4v) is 4.23. The molecule has 0 bridgehead atoms. The van der Waals surface area contributed by atoms with Gasteiger partial charge in [0.1, 0.15) is 22.6 Å². The maximum absolute atomic E-state index is 13.1. The van der Waals surface area contributed by atoms with Crippen LogP contribution in [0.5, 0.6) is 11.5 Å². The molecule has 2 aromatic rings. The second-order valence-electron chi connectivity index (χ2n) is 8.68. The summed E-state index contributed by atoms with van der Waals surface area (Å²) in [6.45, 7) is 0.848. The number of carbonyl (C=O) groups excluding carboxylic acids is 2. The largest absolute Gasteiger partial charge is 0.497 e. The Kier molecular flexibility index (Phi) is 8.14. The summed E-state index contributed by atoms with van der Waals surface area (Å²) in [5.74, 6) is 0.749. The van der Waals surface area contributed by atoms with E-state index in [-0.39, 0.29) is 17.7 Å². The summed E-state index contributed by atoms with van der Waals surface area (Å²) < 4.78 is 12.4. The van der Waals surface area contributed by atoms with Crippen molar-refractivity contribution in [1.29, 1.82) is 0 Å². The van der Waals surface area contributed by atoms with E-state index in [9.17, 15) is 14.4 Å². The summed E-state index contributed by atoms with van der Waals surface area (Å²) in [5, 5.41) is 2.80. The highest BCUT2D eigenvalue weighted by Crippen LogP contribution is 2.26. The van der Waals surface area contributed by atoms with Crippen LogP contribution in [-0.2, 0) is 13.1 Å². The monoisotopic (exact) mass is 455 g/mol. The number of nitrogens with zero attached hydrogens (tertiary/aromatic N) is 2. The van der Waals surface area contributed by atoms with Gasteiger partial charge in [0.25, 0.3) is 11.8 Å². The molecule has 8 nitrogen and oxygen atoms in total. The van der Waals surface area contributed by atoms with E-state index < -0.39 is 17.2 Å². The minimum Gasteiger partial charge on any atom is -0.497 e. The van der Waals surface area contributed by atoms with Crippen LogP contribution in [0.4, 0.5) is 0 Å². The minimum atomic E-state index is -0.562. The van der Waals surface area contributed by atoms with Gasteiger partial charge in [0.2, 0.25) is 5.43 Å². The van der Waals surface area contributed by atoms with Gasteiger partial charge < -0.3 is 24.3 Å². The molecular weight excluding hydrogens is 422 g/mol. The minimum absolute atomic E-state index is 0.00508. The molecule has 1 aliphatic carbocycles. The van der Waals surface area contributed by atoms with Crippen molar-refractivity contribution in [3.05, 3.63) is 57.5 Å². The fourth-order valence-electron chi connectivity index (χ4n) is 4.23. The predicted octanol–water partition coefficient (Wildman–Crippen LogP) is 3.08. The Morgan fingerprint density at radius 1 is 1.06 bits per heavy atom. The first-order chi connectivity index (χ1) is 15.8. The average molecular weight is 456 g/mol. The number of aromatic nitrogens is 1. The highest BCUT2D eigenvalue weighted by atomic mass is 16.5. The third kappa shape index (κ3) is 5.94. The van der Waals surface area contributed by atoms with Gasteiger partial charge in [-0.2, -0.15) is 0 Å². The summed E-state index contributed by atoms with van der Waals surface area (Å²) in [7, 11) is 6.29. The van der Waals surface area contributed by atoms with Crippen LogP contribution in [0, 0.1) is 5.92 Å². The molecule has 1 saturated carbocycles. The molecule has 1 aliphatic rings. The van der Waals surface area contributed by atoms with Crippen LogP contribution in [0.3, 0.4) is 0 Å². The van der Waals surface area contributed by atoms with Crippen LogP contribution in [0.1, 0.15) is 58.4 Å². The van der Waals surface area contributed by atoms with Gasteiger partial charge in [-0.15, -0.1) is 0 Å². The molecule has 2 amide bonds. The van der Waals surface area contributed by atoms with E-state index >= 15 is 0 Å². The topological polar surface area (TPSA) is 89.9 Å². The Morgan fingerprint density at radius 2 is 1.76 bits per heavy atom. The molecule has 0 aliphatic heterocycles. The molecule has 0 atom stereocenters. The summed E-state index contributed by atoms with van der Waals surface area (Å²) in [6.07, 6.45) is 9.00. The van der Waals surface area contributed by atoms with Gasteiger partial charge in [0.05, 0.1) is 14.2 Å². The van der Waals surface area contributed by atoms with E-state index in [2.05, 4.69) is 5.32 Å². The molecule has 0 saturated heterocycles. The molecule has 3 rings (SSSR count). The van der Waals surface area contributed by atoms with Crippen molar-refractivity contribution in [3.63, 3.8) is 0 Å². The van der Waals surface area contributed by atoms with Crippen molar-refractivity contribution in [3.8, 4) is 11.5 Å². The molecular formula is C25H33N3O5. The van der Waals surface area contributed by atoms with Gasteiger partial charge in [-0.05, 0) is 30.9 Å². The third-order valence-electron chi connectivity index (χ3n) is 6.09. The van der Waals surface area contributed by atoms with Gasteiger partial charge in [0.15, 0.2) is 0 Å². The fraction of sp³-hybridized carbons (Fsp3) is 0.480. The molecule has 0 unspecified atom stereocenters. The maximum atomic E-state index is 13.1. The van der Waals surface area contributed by atoms with E-state index in [0.717, 1.165) is 18.4 Å². The van der Waals surface area contributed by atoms with Crippen LogP contribution in [0.15, 0.2) is 35.4 Å². The van der Waals surface area contributed by atoms with Gasteiger partial charge in [-0.25, -0.2) is 0 Å². The van der Waals surface area contributed by atoms with E-state index in [0.29, 0.717) is 24.0 Å². The number of pyridine rings is 1. The van der Waals surface area contributed by atoms with Crippen molar-refractivity contribution in [2.75, 3.05) is 28.3 Å². The number of rotatable bonds is 8. The molecule has 0 spiro atoms. The summed E-state index contributed by atoms with van der Waals surface area (Å²) in [5.41, 5.74) is 0.152. The first-order valence-corrected chi connectivity index (χ1v) is 11.3. The Morgan fingerprint density at radius 3 is 2.39 bits per heavy atom. The molecule has 1 N–H and O–H groups in total. The number of amides is 2. The number of carbonyl (C=O) groups is 2. The quantitative estimate of drug-likeness (QED) is 0.661. The molecule has 33 heavy (non-hydrogen) atoms. The third-order valence-corrected chi connectivity index (χ3v) is 6.09. The van der Waals surface area contributed by atoms with Gasteiger partial charge >= 0.3 is 0 Å². The van der Waals surface area contributed by atoms with Crippen molar-refractivity contribution < 1.29 is 19.1 Å². The Bertz CT molecular complexity index is 1050. The molecule has 1 fully saturated rings. The van der Waals surface area contributed by atoms with Crippen LogP contribution in [0.25, 0.3) is 0 Å². The molecule has 1 aromatic heterocycles. The van der Waals surface area contributed by atoms with Crippen molar-refractivity contribution in [2.45, 2.75) is 45.2 Å². The Hall–Kier alpha value is -3.29. The lowest BCUT2D eigenvalue weighted by atomic mass is 9.89. The number of ether oxygens (including phenoxy) is 2. The smallest absolute Gasteiger partial charge is 0.258 e. The molecule has 8 heteroatoms. The first-order valence-electron chi connectivity index (χ1n) is 11.3. The number of nitrogens with one attached hydrogen (secondary N) is 1. The van der Waals surface area contributed by atoms with Crippen molar-refractivity contribution >= 4 is 11.8 Å². The van der Waals surface area contributed by atoms with Crippen molar-refractivity contribution in [1.82, 2.24) is 14.8 Å². The summed E-state index contributed by atoms with van der Waals surface area (Å²) in [6, 6.07) is 5.30.